The third-order valence-electron chi connectivity index (χ3n) is 3.56. The van der Waals surface area contributed by atoms with Gasteiger partial charge in [0.2, 0.25) is 5.82 Å². The van der Waals surface area contributed by atoms with Crippen molar-refractivity contribution in [2.75, 3.05) is 7.11 Å². The lowest BCUT2D eigenvalue weighted by Gasteiger charge is -1.99. The zero-order valence-corrected chi connectivity index (χ0v) is 11.9. The summed E-state index contributed by atoms with van der Waals surface area (Å²) in [5.74, 6) is 1.80. The van der Waals surface area contributed by atoms with Gasteiger partial charge in [-0.1, -0.05) is 12.1 Å². The highest BCUT2D eigenvalue weighted by Gasteiger charge is 2.40. The molecule has 2 aromatic rings. The predicted octanol–water partition coefficient (Wildman–Crippen LogP) is 2.44. The number of hydrogen-bond donors (Lipinski definition) is 0. The van der Waals surface area contributed by atoms with Gasteiger partial charge in [0, 0.05) is 5.56 Å². The molecule has 1 saturated carbocycles. The van der Waals surface area contributed by atoms with E-state index in [1.54, 1.807) is 7.11 Å². The molecule has 0 aliphatic heterocycles. The van der Waals surface area contributed by atoms with Gasteiger partial charge in [-0.15, -0.1) is 0 Å². The molecular formula is C15H16N2O4. The molecule has 1 aromatic heterocycles. The van der Waals surface area contributed by atoms with E-state index in [9.17, 15) is 4.79 Å². The lowest BCUT2D eigenvalue weighted by Crippen LogP contribution is -2.08. The Morgan fingerprint density at radius 2 is 2.10 bits per heavy atom. The van der Waals surface area contributed by atoms with Crippen molar-refractivity contribution >= 4 is 5.97 Å². The first-order valence-corrected chi connectivity index (χ1v) is 6.81. The monoisotopic (exact) mass is 288 g/mol. The summed E-state index contributed by atoms with van der Waals surface area (Å²) in [6.45, 7) is 2.07. The molecule has 1 fully saturated rings. The minimum Gasteiger partial charge on any atom is -0.497 e. The van der Waals surface area contributed by atoms with Crippen LogP contribution in [-0.4, -0.2) is 23.2 Å². The van der Waals surface area contributed by atoms with Gasteiger partial charge in [0.25, 0.3) is 5.89 Å². The van der Waals surface area contributed by atoms with Crippen molar-refractivity contribution in [3.8, 4) is 17.2 Å². The molecule has 0 bridgehead atoms. The van der Waals surface area contributed by atoms with Crippen molar-refractivity contribution in [2.45, 2.75) is 20.0 Å². The van der Waals surface area contributed by atoms with Crippen LogP contribution in [0, 0.1) is 11.8 Å². The van der Waals surface area contributed by atoms with E-state index in [1.165, 1.54) is 0 Å². The minimum absolute atomic E-state index is 0.0398. The van der Waals surface area contributed by atoms with Crippen LogP contribution in [0.4, 0.5) is 0 Å². The fraction of sp³-hybridized carbons (Fsp3) is 0.400. The average Bonchev–Trinajstić information content (AvgIpc) is 3.06. The van der Waals surface area contributed by atoms with Crippen LogP contribution in [0.2, 0.25) is 0 Å². The lowest BCUT2D eigenvalue weighted by molar-refractivity contribution is -0.147. The van der Waals surface area contributed by atoms with Gasteiger partial charge in [-0.2, -0.15) is 4.98 Å². The number of rotatable bonds is 5. The minimum atomic E-state index is -0.182. The van der Waals surface area contributed by atoms with Gasteiger partial charge < -0.3 is 14.0 Å². The van der Waals surface area contributed by atoms with Gasteiger partial charge in [0.15, 0.2) is 6.61 Å². The van der Waals surface area contributed by atoms with Gasteiger partial charge >= 0.3 is 5.97 Å². The second kappa shape index (κ2) is 5.55. The molecule has 1 aliphatic rings. The lowest BCUT2D eigenvalue weighted by atomic mass is 10.2. The van der Waals surface area contributed by atoms with E-state index in [4.69, 9.17) is 14.0 Å². The highest BCUT2D eigenvalue weighted by atomic mass is 16.5. The highest BCUT2D eigenvalue weighted by molar-refractivity contribution is 5.75. The number of ether oxygens (including phenoxy) is 2. The molecule has 3 rings (SSSR count). The van der Waals surface area contributed by atoms with E-state index in [2.05, 4.69) is 10.1 Å². The number of benzene rings is 1. The number of hydrogen-bond acceptors (Lipinski definition) is 6. The molecule has 21 heavy (non-hydrogen) atoms. The highest BCUT2D eigenvalue weighted by Crippen LogP contribution is 2.38. The SMILES string of the molecule is COc1ccc(-c2nc(COC(=O)C3CC3C)no2)cc1. The van der Waals surface area contributed by atoms with Crippen molar-refractivity contribution in [2.24, 2.45) is 11.8 Å². The zero-order valence-electron chi connectivity index (χ0n) is 11.9. The van der Waals surface area contributed by atoms with Gasteiger partial charge in [0.05, 0.1) is 13.0 Å². The van der Waals surface area contributed by atoms with Gasteiger partial charge in [-0.05, 0) is 36.6 Å². The molecule has 6 heteroatoms. The van der Waals surface area contributed by atoms with Crippen molar-refractivity contribution in [1.82, 2.24) is 10.1 Å². The first-order valence-electron chi connectivity index (χ1n) is 6.81. The third kappa shape index (κ3) is 3.04. The number of aromatic nitrogens is 2. The normalized spacial score (nSPS) is 20.1. The molecule has 0 amide bonds. The van der Waals surface area contributed by atoms with E-state index in [0.29, 0.717) is 17.6 Å². The summed E-state index contributed by atoms with van der Waals surface area (Å²) in [5, 5.41) is 3.81. The average molecular weight is 288 g/mol. The van der Waals surface area contributed by atoms with E-state index in [1.807, 2.05) is 31.2 Å². The molecular weight excluding hydrogens is 272 g/mol. The summed E-state index contributed by atoms with van der Waals surface area (Å²) >= 11 is 0. The second-order valence-electron chi connectivity index (χ2n) is 5.17. The standard InChI is InChI=1S/C15H16N2O4/c1-9-7-12(9)15(18)20-8-13-16-14(21-17-13)10-3-5-11(19-2)6-4-10/h3-6,9,12H,7-8H2,1-2H3. The third-order valence-corrected chi connectivity index (χ3v) is 3.56. The van der Waals surface area contributed by atoms with Gasteiger partial charge in [-0.25, -0.2) is 0 Å². The topological polar surface area (TPSA) is 74.5 Å². The Kier molecular flexibility index (Phi) is 3.60. The Balaban J connectivity index is 1.61. The molecule has 2 unspecified atom stereocenters. The van der Waals surface area contributed by atoms with Crippen LogP contribution < -0.4 is 4.74 Å². The van der Waals surface area contributed by atoms with Crippen LogP contribution in [0.25, 0.3) is 11.5 Å². The van der Waals surface area contributed by atoms with Crippen LogP contribution in [0.15, 0.2) is 28.8 Å². The largest absolute Gasteiger partial charge is 0.497 e. The maximum absolute atomic E-state index is 11.6. The predicted molar refractivity (Wildman–Crippen MR) is 73.4 cm³/mol. The van der Waals surface area contributed by atoms with E-state index >= 15 is 0 Å². The smallest absolute Gasteiger partial charge is 0.309 e. The molecule has 110 valence electrons. The van der Waals surface area contributed by atoms with Crippen molar-refractivity contribution in [1.29, 1.82) is 0 Å². The van der Waals surface area contributed by atoms with Crippen molar-refractivity contribution in [3.63, 3.8) is 0 Å². The molecule has 1 aliphatic carbocycles. The number of methoxy groups -OCH3 is 1. The van der Waals surface area contributed by atoms with Crippen LogP contribution >= 0.6 is 0 Å². The second-order valence-corrected chi connectivity index (χ2v) is 5.17. The van der Waals surface area contributed by atoms with Crippen LogP contribution in [0.1, 0.15) is 19.2 Å². The van der Waals surface area contributed by atoms with E-state index in [-0.39, 0.29) is 18.5 Å². The van der Waals surface area contributed by atoms with Crippen molar-refractivity contribution < 1.29 is 18.8 Å². The van der Waals surface area contributed by atoms with E-state index in [0.717, 1.165) is 17.7 Å². The fourth-order valence-electron chi connectivity index (χ4n) is 2.06. The Bertz CT molecular complexity index is 635. The Labute approximate surface area is 122 Å². The van der Waals surface area contributed by atoms with Crippen molar-refractivity contribution in [3.05, 3.63) is 30.1 Å². The Morgan fingerprint density at radius 3 is 2.71 bits per heavy atom. The molecule has 0 spiro atoms. The number of esters is 1. The molecule has 0 N–H and O–H groups in total. The number of carbonyl (C=O) groups excluding carboxylic acids is 1. The Hall–Kier alpha value is -2.37. The molecule has 0 saturated heterocycles. The van der Waals surface area contributed by atoms with Crippen LogP contribution in [0.5, 0.6) is 5.75 Å². The summed E-state index contributed by atoms with van der Waals surface area (Å²) in [6.07, 6.45) is 0.905. The Morgan fingerprint density at radius 1 is 1.38 bits per heavy atom. The maximum atomic E-state index is 11.6. The summed E-state index contributed by atoms with van der Waals surface area (Å²) in [5.41, 5.74) is 0.789. The first-order chi connectivity index (χ1) is 10.2. The van der Waals surface area contributed by atoms with E-state index < -0.39 is 0 Å². The maximum Gasteiger partial charge on any atom is 0.309 e. The molecule has 6 nitrogen and oxygen atoms in total. The summed E-state index contributed by atoms with van der Waals surface area (Å²) in [7, 11) is 1.61. The fourth-order valence-corrected chi connectivity index (χ4v) is 2.06. The van der Waals surface area contributed by atoms with Gasteiger partial charge in [-0.3, -0.25) is 4.79 Å². The summed E-state index contributed by atoms with van der Waals surface area (Å²) in [4.78, 5) is 15.8. The summed E-state index contributed by atoms with van der Waals surface area (Å²) in [6, 6.07) is 7.28. The number of carbonyl (C=O) groups is 1. The summed E-state index contributed by atoms with van der Waals surface area (Å²) < 4.78 is 15.4. The number of nitrogens with zero attached hydrogens (tertiary/aromatic N) is 2. The molecule has 0 radical (unpaired) electrons. The molecule has 2 atom stereocenters. The molecule has 1 aromatic carbocycles. The van der Waals surface area contributed by atoms with Crippen LogP contribution in [0.3, 0.4) is 0 Å². The molecule has 1 heterocycles. The quantitative estimate of drug-likeness (QED) is 0.787. The van der Waals surface area contributed by atoms with Crippen LogP contribution in [-0.2, 0) is 16.1 Å². The first kappa shape index (κ1) is 13.6. The zero-order chi connectivity index (χ0) is 14.8. The van der Waals surface area contributed by atoms with Gasteiger partial charge in [0.1, 0.15) is 5.75 Å².